The van der Waals surface area contributed by atoms with Crippen molar-refractivity contribution in [1.82, 2.24) is 10.2 Å². The summed E-state index contributed by atoms with van der Waals surface area (Å²) >= 11 is 0. The Morgan fingerprint density at radius 1 is 1.12 bits per heavy atom. The Morgan fingerprint density at radius 2 is 1.76 bits per heavy atom. The van der Waals surface area contributed by atoms with E-state index in [0.29, 0.717) is 12.2 Å². The third kappa shape index (κ3) is 4.99. The fourth-order valence-corrected chi connectivity index (χ4v) is 2.28. The molecule has 0 spiro atoms. The number of rotatable bonds is 7. The van der Waals surface area contributed by atoms with Gasteiger partial charge in [-0.05, 0) is 25.0 Å². The van der Waals surface area contributed by atoms with Crippen LogP contribution in [0.15, 0.2) is 12.1 Å². The maximum atomic E-state index is 11.5. The second kappa shape index (κ2) is 6.39. The molecule has 1 aromatic heterocycles. The lowest BCUT2D eigenvalue weighted by Gasteiger charge is -2.06. The third-order valence-electron chi connectivity index (χ3n) is 1.95. The Labute approximate surface area is 102 Å². The molecule has 0 aliphatic rings. The SMILES string of the molecule is CCCNc1ccc(NS(=O)(=O)CCC)nn1. The fourth-order valence-electron chi connectivity index (χ4n) is 1.21. The van der Waals surface area contributed by atoms with Gasteiger partial charge in [-0.15, -0.1) is 10.2 Å². The summed E-state index contributed by atoms with van der Waals surface area (Å²) in [7, 11) is -3.29. The van der Waals surface area contributed by atoms with Crippen molar-refractivity contribution in [3.05, 3.63) is 12.1 Å². The molecule has 96 valence electrons. The first kappa shape index (κ1) is 13.7. The molecule has 17 heavy (non-hydrogen) atoms. The number of hydrogen-bond acceptors (Lipinski definition) is 5. The zero-order valence-electron chi connectivity index (χ0n) is 10.1. The van der Waals surface area contributed by atoms with Crippen LogP contribution in [-0.2, 0) is 10.0 Å². The smallest absolute Gasteiger partial charge is 0.233 e. The van der Waals surface area contributed by atoms with E-state index in [-0.39, 0.29) is 11.6 Å². The maximum absolute atomic E-state index is 11.5. The highest BCUT2D eigenvalue weighted by molar-refractivity contribution is 7.92. The maximum Gasteiger partial charge on any atom is 0.233 e. The van der Waals surface area contributed by atoms with Crippen LogP contribution in [0.3, 0.4) is 0 Å². The molecule has 1 rings (SSSR count). The Hall–Kier alpha value is -1.37. The van der Waals surface area contributed by atoms with Gasteiger partial charge in [-0.3, -0.25) is 4.72 Å². The van der Waals surface area contributed by atoms with Gasteiger partial charge < -0.3 is 5.32 Å². The Kier molecular flexibility index (Phi) is 5.14. The van der Waals surface area contributed by atoms with Crippen LogP contribution in [0.4, 0.5) is 11.6 Å². The van der Waals surface area contributed by atoms with Crippen molar-refractivity contribution in [2.75, 3.05) is 22.3 Å². The molecule has 0 aromatic carbocycles. The minimum atomic E-state index is -3.29. The van der Waals surface area contributed by atoms with E-state index in [1.54, 1.807) is 12.1 Å². The van der Waals surface area contributed by atoms with Crippen molar-refractivity contribution in [2.45, 2.75) is 26.7 Å². The van der Waals surface area contributed by atoms with Crippen molar-refractivity contribution >= 4 is 21.7 Å². The van der Waals surface area contributed by atoms with Crippen LogP contribution in [0.1, 0.15) is 26.7 Å². The Bertz CT molecular complexity index is 430. The van der Waals surface area contributed by atoms with Gasteiger partial charge in [0.15, 0.2) is 5.82 Å². The molecule has 0 amide bonds. The molecule has 0 saturated heterocycles. The van der Waals surface area contributed by atoms with Crippen molar-refractivity contribution in [3.8, 4) is 0 Å². The van der Waals surface area contributed by atoms with Gasteiger partial charge in [-0.2, -0.15) is 0 Å². The summed E-state index contributed by atoms with van der Waals surface area (Å²) in [6, 6.07) is 3.30. The van der Waals surface area contributed by atoms with E-state index in [2.05, 4.69) is 20.2 Å². The highest BCUT2D eigenvalue weighted by Gasteiger charge is 2.09. The molecule has 0 fully saturated rings. The van der Waals surface area contributed by atoms with Crippen LogP contribution in [0.2, 0.25) is 0 Å². The van der Waals surface area contributed by atoms with Gasteiger partial charge in [0.2, 0.25) is 10.0 Å². The van der Waals surface area contributed by atoms with E-state index in [9.17, 15) is 8.42 Å². The summed E-state index contributed by atoms with van der Waals surface area (Å²) < 4.78 is 25.3. The average molecular weight is 258 g/mol. The van der Waals surface area contributed by atoms with E-state index in [4.69, 9.17) is 0 Å². The molecule has 0 aliphatic carbocycles. The molecule has 0 aliphatic heterocycles. The largest absolute Gasteiger partial charge is 0.369 e. The summed E-state index contributed by atoms with van der Waals surface area (Å²) in [5.74, 6) is 0.982. The van der Waals surface area contributed by atoms with E-state index in [1.165, 1.54) is 0 Å². The second-order valence-corrected chi connectivity index (χ2v) is 5.49. The van der Waals surface area contributed by atoms with Crippen molar-refractivity contribution in [3.63, 3.8) is 0 Å². The number of aromatic nitrogens is 2. The van der Waals surface area contributed by atoms with Gasteiger partial charge in [-0.25, -0.2) is 8.42 Å². The monoisotopic (exact) mass is 258 g/mol. The summed E-state index contributed by atoms with van der Waals surface area (Å²) in [4.78, 5) is 0. The first-order valence-electron chi connectivity index (χ1n) is 5.65. The van der Waals surface area contributed by atoms with E-state index in [1.807, 2.05) is 13.8 Å². The number of sulfonamides is 1. The minimum absolute atomic E-state index is 0.0878. The standard InChI is InChI=1S/C10H18N4O2S/c1-3-7-11-9-5-6-10(13-12-9)14-17(15,16)8-4-2/h5-6H,3-4,7-8H2,1-2H3,(H,11,12)(H,13,14). The summed E-state index contributed by atoms with van der Waals surface area (Å²) in [5.41, 5.74) is 0. The molecular weight excluding hydrogens is 240 g/mol. The number of nitrogens with one attached hydrogen (secondary N) is 2. The quantitative estimate of drug-likeness (QED) is 0.773. The predicted octanol–water partition coefficient (Wildman–Crippen LogP) is 1.45. The molecule has 7 heteroatoms. The lowest BCUT2D eigenvalue weighted by atomic mass is 10.4. The molecule has 2 N–H and O–H groups in total. The molecule has 1 heterocycles. The molecule has 0 saturated carbocycles. The number of hydrogen-bond donors (Lipinski definition) is 2. The van der Waals surface area contributed by atoms with E-state index < -0.39 is 10.0 Å². The van der Waals surface area contributed by atoms with Crippen molar-refractivity contribution in [2.24, 2.45) is 0 Å². The average Bonchev–Trinajstić information content (AvgIpc) is 2.27. The highest BCUT2D eigenvalue weighted by atomic mass is 32.2. The lowest BCUT2D eigenvalue weighted by molar-refractivity contribution is 0.599. The van der Waals surface area contributed by atoms with Gasteiger partial charge in [0.1, 0.15) is 5.82 Å². The molecule has 0 atom stereocenters. The van der Waals surface area contributed by atoms with E-state index in [0.717, 1.165) is 13.0 Å². The van der Waals surface area contributed by atoms with Gasteiger partial charge in [-0.1, -0.05) is 13.8 Å². The van der Waals surface area contributed by atoms with Crippen LogP contribution >= 0.6 is 0 Å². The summed E-state index contributed by atoms with van der Waals surface area (Å²) in [5, 5.41) is 10.7. The normalized spacial score (nSPS) is 11.2. The van der Waals surface area contributed by atoms with Gasteiger partial charge >= 0.3 is 0 Å². The van der Waals surface area contributed by atoms with Crippen LogP contribution in [0.25, 0.3) is 0 Å². The van der Waals surface area contributed by atoms with Gasteiger partial charge in [0.05, 0.1) is 5.75 Å². The van der Waals surface area contributed by atoms with Crippen molar-refractivity contribution < 1.29 is 8.42 Å². The topological polar surface area (TPSA) is 84.0 Å². The van der Waals surface area contributed by atoms with Gasteiger partial charge in [0.25, 0.3) is 0 Å². The van der Waals surface area contributed by atoms with E-state index >= 15 is 0 Å². The second-order valence-electron chi connectivity index (χ2n) is 3.65. The Balaban J connectivity index is 2.62. The molecule has 6 nitrogen and oxygen atoms in total. The lowest BCUT2D eigenvalue weighted by Crippen LogP contribution is -2.17. The molecular formula is C10H18N4O2S. The molecule has 0 unspecified atom stereocenters. The Morgan fingerprint density at radius 3 is 2.29 bits per heavy atom. The summed E-state index contributed by atoms with van der Waals surface area (Å²) in [6.07, 6.45) is 1.56. The molecule has 0 radical (unpaired) electrons. The van der Waals surface area contributed by atoms with Gasteiger partial charge in [0, 0.05) is 6.54 Å². The van der Waals surface area contributed by atoms with Crippen LogP contribution in [-0.4, -0.2) is 30.9 Å². The third-order valence-corrected chi connectivity index (χ3v) is 3.42. The number of anilines is 2. The minimum Gasteiger partial charge on any atom is -0.369 e. The highest BCUT2D eigenvalue weighted by Crippen LogP contribution is 2.08. The van der Waals surface area contributed by atoms with Crippen molar-refractivity contribution in [1.29, 1.82) is 0 Å². The van der Waals surface area contributed by atoms with Crippen LogP contribution < -0.4 is 10.0 Å². The first-order chi connectivity index (χ1) is 8.07. The molecule has 1 aromatic rings. The number of nitrogens with zero attached hydrogens (tertiary/aromatic N) is 2. The zero-order chi connectivity index (χ0) is 12.7. The fraction of sp³-hybridized carbons (Fsp3) is 0.600. The van der Waals surface area contributed by atoms with Crippen LogP contribution in [0.5, 0.6) is 0 Å². The first-order valence-corrected chi connectivity index (χ1v) is 7.30. The summed E-state index contributed by atoms with van der Waals surface area (Å²) in [6.45, 7) is 4.67. The van der Waals surface area contributed by atoms with Crippen LogP contribution in [0, 0.1) is 0 Å². The molecule has 0 bridgehead atoms. The zero-order valence-corrected chi connectivity index (χ0v) is 10.9. The predicted molar refractivity (Wildman–Crippen MR) is 68.5 cm³/mol.